The van der Waals surface area contributed by atoms with E-state index in [1.807, 2.05) is 26.1 Å². The summed E-state index contributed by atoms with van der Waals surface area (Å²) in [5, 5.41) is 0. The van der Waals surface area contributed by atoms with E-state index in [-0.39, 0.29) is 24.3 Å². The molecule has 1 amide bonds. The maximum atomic E-state index is 15.7. The van der Waals surface area contributed by atoms with E-state index in [0.717, 1.165) is 29.2 Å². The minimum Gasteiger partial charge on any atom is -0.486 e. The normalized spacial score (nSPS) is 23.1. The monoisotopic (exact) mass is 468 g/mol. The van der Waals surface area contributed by atoms with Crippen molar-refractivity contribution in [2.75, 3.05) is 33.2 Å². The highest BCUT2D eigenvalue weighted by molar-refractivity contribution is 6.04. The number of fused-ring (bicyclic) bond motifs is 1. The van der Waals surface area contributed by atoms with Gasteiger partial charge in [-0.15, -0.1) is 0 Å². The summed E-state index contributed by atoms with van der Waals surface area (Å²) < 4.78 is 27.8. The summed E-state index contributed by atoms with van der Waals surface area (Å²) in [6, 6.07) is 6.18. The number of oxazole rings is 1. The lowest BCUT2D eigenvalue weighted by molar-refractivity contribution is -0.151. The van der Waals surface area contributed by atoms with Crippen molar-refractivity contribution in [3.05, 3.63) is 47.2 Å². The zero-order valence-electron chi connectivity index (χ0n) is 20.3. The standard InChI is InChI=1S/C26H33FN4O3/c1-18-4-5-23-21(14-18)22(28-3)15-25(34-23)6-12-31(13-7-25)24(32)26(27)8-10-30(11-9-26)17-20-16-29-19(2)33-20/h4-5,14,16H,6-13,15,17H2,1-3H3. The molecule has 3 aliphatic heterocycles. The van der Waals surface area contributed by atoms with E-state index in [1.165, 1.54) is 5.56 Å². The Balaban J connectivity index is 1.19. The molecule has 0 unspecified atom stereocenters. The third-order valence-corrected chi connectivity index (χ3v) is 7.57. The van der Waals surface area contributed by atoms with Crippen molar-refractivity contribution in [2.45, 2.75) is 63.8 Å². The highest BCUT2D eigenvalue weighted by Gasteiger charge is 2.48. The number of nitrogens with zero attached hydrogens (tertiary/aromatic N) is 4. The Morgan fingerprint density at radius 3 is 2.53 bits per heavy atom. The number of rotatable bonds is 3. The van der Waals surface area contributed by atoms with E-state index in [9.17, 15) is 4.79 Å². The van der Waals surface area contributed by atoms with Crippen molar-refractivity contribution in [3.8, 4) is 5.75 Å². The number of benzene rings is 1. The Hall–Kier alpha value is -2.74. The third kappa shape index (κ3) is 4.35. The van der Waals surface area contributed by atoms with Crippen LogP contribution in [0.4, 0.5) is 4.39 Å². The van der Waals surface area contributed by atoms with Crippen LogP contribution in [0.3, 0.4) is 0 Å². The van der Waals surface area contributed by atoms with Gasteiger partial charge in [0.05, 0.1) is 12.7 Å². The first kappa shape index (κ1) is 23.0. The van der Waals surface area contributed by atoms with Crippen LogP contribution in [0.15, 0.2) is 33.8 Å². The Labute approximate surface area is 200 Å². The Kier molecular flexibility index (Phi) is 5.96. The van der Waals surface area contributed by atoms with Gasteiger partial charge in [-0.3, -0.25) is 14.7 Å². The maximum absolute atomic E-state index is 15.7. The van der Waals surface area contributed by atoms with Gasteiger partial charge < -0.3 is 14.1 Å². The molecule has 0 saturated carbocycles. The summed E-state index contributed by atoms with van der Waals surface area (Å²) in [6.45, 7) is 6.52. The number of aliphatic imine (C=N–C) groups is 1. The van der Waals surface area contributed by atoms with Gasteiger partial charge in [0.25, 0.3) is 5.91 Å². The van der Waals surface area contributed by atoms with Gasteiger partial charge in [-0.2, -0.15) is 0 Å². The fourth-order valence-electron chi connectivity index (χ4n) is 5.49. The third-order valence-electron chi connectivity index (χ3n) is 7.57. The second-order valence-electron chi connectivity index (χ2n) is 10.0. The number of aromatic nitrogens is 1. The quantitative estimate of drug-likeness (QED) is 0.684. The number of ether oxygens (including phenoxy) is 1. The van der Waals surface area contributed by atoms with Gasteiger partial charge in [0.1, 0.15) is 17.1 Å². The van der Waals surface area contributed by atoms with Crippen LogP contribution in [0.5, 0.6) is 5.75 Å². The molecule has 34 heavy (non-hydrogen) atoms. The number of likely N-dealkylation sites (tertiary alicyclic amines) is 2. The average molecular weight is 469 g/mol. The predicted octanol–water partition coefficient (Wildman–Crippen LogP) is 3.86. The summed E-state index contributed by atoms with van der Waals surface area (Å²) in [5.74, 6) is 1.89. The molecule has 0 N–H and O–H groups in total. The fourth-order valence-corrected chi connectivity index (χ4v) is 5.49. The van der Waals surface area contributed by atoms with Crippen LogP contribution < -0.4 is 4.74 Å². The van der Waals surface area contributed by atoms with Crippen LogP contribution in [-0.2, 0) is 11.3 Å². The van der Waals surface area contributed by atoms with Crippen molar-refractivity contribution >= 4 is 11.6 Å². The number of hydrogen-bond donors (Lipinski definition) is 0. The molecule has 0 bridgehead atoms. The number of hydrogen-bond acceptors (Lipinski definition) is 6. The second kappa shape index (κ2) is 8.80. The van der Waals surface area contributed by atoms with Crippen LogP contribution in [0.2, 0.25) is 0 Å². The Morgan fingerprint density at radius 1 is 1.15 bits per heavy atom. The van der Waals surface area contributed by atoms with Gasteiger partial charge in [0.15, 0.2) is 11.6 Å². The topological polar surface area (TPSA) is 71.2 Å². The lowest BCUT2D eigenvalue weighted by Gasteiger charge is -2.46. The fraction of sp³-hybridized carbons (Fsp3) is 0.577. The van der Waals surface area contributed by atoms with E-state index in [4.69, 9.17) is 9.15 Å². The average Bonchev–Trinajstić information content (AvgIpc) is 3.25. The molecule has 8 heteroatoms. The molecule has 0 aliphatic carbocycles. The summed E-state index contributed by atoms with van der Waals surface area (Å²) in [7, 11) is 1.82. The van der Waals surface area contributed by atoms with E-state index in [2.05, 4.69) is 27.9 Å². The molecule has 7 nitrogen and oxygen atoms in total. The molecule has 2 saturated heterocycles. The summed E-state index contributed by atoms with van der Waals surface area (Å²) in [6.07, 6.45) is 4.20. The molecule has 2 aromatic rings. The predicted molar refractivity (Wildman–Crippen MR) is 127 cm³/mol. The number of carbonyl (C=O) groups excluding carboxylic acids is 1. The van der Waals surface area contributed by atoms with Crippen LogP contribution >= 0.6 is 0 Å². The molecule has 0 atom stereocenters. The summed E-state index contributed by atoms with van der Waals surface area (Å²) in [5.41, 5.74) is 1.10. The zero-order chi connectivity index (χ0) is 23.9. The van der Waals surface area contributed by atoms with Crippen LogP contribution in [-0.4, -0.2) is 70.9 Å². The number of halogens is 1. The zero-order valence-corrected chi connectivity index (χ0v) is 20.3. The van der Waals surface area contributed by atoms with E-state index in [0.29, 0.717) is 51.5 Å². The van der Waals surface area contributed by atoms with E-state index in [1.54, 1.807) is 11.1 Å². The SMILES string of the molecule is CN=C1CC2(CCN(C(=O)C3(F)CCN(Cc4cnc(C)o4)CC3)CC2)Oc2ccc(C)cc21. The maximum Gasteiger partial charge on any atom is 0.260 e. The van der Waals surface area contributed by atoms with Crippen LogP contribution in [0, 0.1) is 13.8 Å². The van der Waals surface area contributed by atoms with Crippen molar-refractivity contribution in [1.29, 1.82) is 0 Å². The lowest BCUT2D eigenvalue weighted by atomic mass is 9.81. The molecule has 4 heterocycles. The first-order chi connectivity index (χ1) is 16.3. The van der Waals surface area contributed by atoms with Crippen molar-refractivity contribution in [3.63, 3.8) is 0 Å². The molecule has 5 rings (SSSR count). The Morgan fingerprint density at radius 2 is 1.88 bits per heavy atom. The molecule has 1 aromatic heterocycles. The summed E-state index contributed by atoms with van der Waals surface area (Å²) >= 11 is 0. The number of aryl methyl sites for hydroxylation is 2. The number of piperidine rings is 2. The van der Waals surface area contributed by atoms with Crippen LogP contribution in [0.1, 0.15) is 54.9 Å². The van der Waals surface area contributed by atoms with E-state index < -0.39 is 5.67 Å². The van der Waals surface area contributed by atoms with Crippen LogP contribution in [0.25, 0.3) is 0 Å². The first-order valence-corrected chi connectivity index (χ1v) is 12.2. The number of amides is 1. The second-order valence-corrected chi connectivity index (χ2v) is 10.0. The lowest BCUT2D eigenvalue weighted by Crippen LogP contribution is -2.57. The molecule has 1 aromatic carbocycles. The van der Waals surface area contributed by atoms with E-state index >= 15 is 4.39 Å². The minimum absolute atomic E-state index is 0.205. The van der Waals surface area contributed by atoms with Gasteiger partial charge in [-0.1, -0.05) is 11.6 Å². The highest BCUT2D eigenvalue weighted by atomic mass is 19.1. The molecule has 2 fully saturated rings. The Bertz CT molecular complexity index is 1100. The molecular formula is C26H33FN4O3. The van der Waals surface area contributed by atoms with Gasteiger partial charge in [0.2, 0.25) is 0 Å². The number of carbonyl (C=O) groups is 1. The minimum atomic E-state index is -1.80. The van der Waals surface area contributed by atoms with Crippen molar-refractivity contribution < 1.29 is 18.3 Å². The molecule has 1 spiro atoms. The van der Waals surface area contributed by atoms with Gasteiger partial charge in [-0.25, -0.2) is 9.37 Å². The number of alkyl halides is 1. The van der Waals surface area contributed by atoms with Crippen molar-refractivity contribution in [2.24, 2.45) is 4.99 Å². The summed E-state index contributed by atoms with van der Waals surface area (Å²) in [4.78, 5) is 25.7. The molecular weight excluding hydrogens is 435 g/mol. The molecule has 0 radical (unpaired) electrons. The van der Waals surface area contributed by atoms with Gasteiger partial charge >= 0.3 is 0 Å². The highest BCUT2D eigenvalue weighted by Crippen LogP contribution is 2.41. The van der Waals surface area contributed by atoms with Crippen molar-refractivity contribution in [1.82, 2.24) is 14.8 Å². The largest absolute Gasteiger partial charge is 0.486 e. The molecule has 3 aliphatic rings. The first-order valence-electron chi connectivity index (χ1n) is 12.2. The smallest absolute Gasteiger partial charge is 0.260 e. The van der Waals surface area contributed by atoms with Gasteiger partial charge in [0, 0.05) is 83.5 Å². The van der Waals surface area contributed by atoms with Gasteiger partial charge in [-0.05, 0) is 19.1 Å². The molecule has 182 valence electrons.